The number of anilines is 2. The number of nitrogens with one attached hydrogen (secondary N) is 1. The number of nitrogens with two attached hydrogens (primary N) is 1. The standard InChI is InChI=1S/C23H26N4O6S4/c24-17(15-22-26(11-5-13-36(28,29)30)18-7-1-3-9-20(18)34-22)16-23-27(12-6-14-37(31,32)33-25)19-8-2-4-10-21(19)35-23/h1-4,7-10,15-16,24H,5-6,11-14,25H2,(H,28,29,30)/b22-15+,23-16-,24-17?. The Morgan fingerprint density at radius 1 is 0.865 bits per heavy atom. The predicted molar refractivity (Wildman–Crippen MR) is 148 cm³/mol. The number of hydrogen-bond donors (Lipinski definition) is 3. The van der Waals surface area contributed by atoms with E-state index in [1.165, 1.54) is 23.5 Å². The lowest BCUT2D eigenvalue weighted by atomic mass is 10.2. The van der Waals surface area contributed by atoms with E-state index in [2.05, 4.69) is 4.28 Å². The highest BCUT2D eigenvalue weighted by Crippen LogP contribution is 2.47. The van der Waals surface area contributed by atoms with E-state index >= 15 is 0 Å². The third-order valence-corrected chi connectivity index (χ3v) is 9.65. The lowest BCUT2D eigenvalue weighted by Crippen LogP contribution is -2.24. The molecule has 0 amide bonds. The second kappa shape index (κ2) is 11.6. The highest BCUT2D eigenvalue weighted by molar-refractivity contribution is 8.04. The van der Waals surface area contributed by atoms with Gasteiger partial charge in [0.25, 0.3) is 20.2 Å². The Morgan fingerprint density at radius 3 is 1.78 bits per heavy atom. The fourth-order valence-corrected chi connectivity index (χ4v) is 7.30. The molecule has 10 nitrogen and oxygen atoms in total. The van der Waals surface area contributed by atoms with Crippen LogP contribution in [0.3, 0.4) is 0 Å². The van der Waals surface area contributed by atoms with Gasteiger partial charge in [-0.3, -0.25) is 4.55 Å². The van der Waals surface area contributed by atoms with Crippen molar-refractivity contribution < 1.29 is 25.7 Å². The third-order valence-electron chi connectivity index (χ3n) is 5.54. The zero-order valence-corrected chi connectivity index (χ0v) is 22.9. The Hall–Kier alpha value is -2.33. The van der Waals surface area contributed by atoms with E-state index in [1.54, 1.807) is 12.2 Å². The lowest BCUT2D eigenvalue weighted by Gasteiger charge is -2.21. The van der Waals surface area contributed by atoms with Crippen molar-refractivity contribution in [2.24, 2.45) is 5.90 Å². The summed E-state index contributed by atoms with van der Waals surface area (Å²) in [5.41, 5.74) is 2.08. The smallest absolute Gasteiger partial charge is 0.283 e. The average molecular weight is 583 g/mol. The van der Waals surface area contributed by atoms with E-state index in [0.29, 0.717) is 13.1 Å². The summed E-state index contributed by atoms with van der Waals surface area (Å²) in [5, 5.41) is 10.3. The Kier molecular flexibility index (Phi) is 8.68. The quantitative estimate of drug-likeness (QED) is 0.201. The van der Waals surface area contributed by atoms with Crippen LogP contribution in [0.15, 0.2) is 80.5 Å². The van der Waals surface area contributed by atoms with Gasteiger partial charge in [-0.15, -0.1) is 0 Å². The molecule has 0 aromatic heterocycles. The predicted octanol–water partition coefficient (Wildman–Crippen LogP) is 3.80. The minimum Gasteiger partial charge on any atom is -0.335 e. The van der Waals surface area contributed by atoms with Gasteiger partial charge in [0.1, 0.15) is 0 Å². The summed E-state index contributed by atoms with van der Waals surface area (Å²) in [6, 6.07) is 15.4. The molecule has 0 saturated carbocycles. The lowest BCUT2D eigenvalue weighted by molar-refractivity contribution is 0.332. The van der Waals surface area contributed by atoms with E-state index in [9.17, 15) is 16.8 Å². The van der Waals surface area contributed by atoms with Gasteiger partial charge in [0.2, 0.25) is 0 Å². The number of nitrogens with zero attached hydrogens (tertiary/aromatic N) is 2. The van der Waals surface area contributed by atoms with Gasteiger partial charge >= 0.3 is 0 Å². The van der Waals surface area contributed by atoms with Crippen LogP contribution in [0.25, 0.3) is 0 Å². The Morgan fingerprint density at radius 2 is 1.32 bits per heavy atom. The van der Waals surface area contributed by atoms with Gasteiger partial charge in [0, 0.05) is 22.9 Å². The van der Waals surface area contributed by atoms with Gasteiger partial charge in [-0.05, 0) is 49.3 Å². The molecule has 0 bridgehead atoms. The summed E-state index contributed by atoms with van der Waals surface area (Å²) in [6.45, 7) is 0.758. The van der Waals surface area contributed by atoms with E-state index in [4.69, 9.17) is 15.9 Å². The summed E-state index contributed by atoms with van der Waals surface area (Å²) in [7, 11) is -7.85. The zero-order chi connectivity index (χ0) is 26.6. The first kappa shape index (κ1) is 27.7. The fourth-order valence-electron chi connectivity index (χ4n) is 3.94. The van der Waals surface area contributed by atoms with Crippen LogP contribution < -0.4 is 15.7 Å². The molecule has 2 aromatic rings. The minimum absolute atomic E-state index is 0.227. The second-order valence-electron chi connectivity index (χ2n) is 8.21. The Labute approximate surface area is 224 Å². The van der Waals surface area contributed by atoms with Crippen LogP contribution in [0.5, 0.6) is 0 Å². The molecule has 14 heteroatoms. The average Bonchev–Trinajstić information content (AvgIpc) is 3.36. The number of thioether (sulfide) groups is 2. The molecule has 2 heterocycles. The van der Waals surface area contributed by atoms with Crippen molar-refractivity contribution in [1.29, 1.82) is 5.41 Å². The maximum Gasteiger partial charge on any atom is 0.283 e. The van der Waals surface area contributed by atoms with Crippen LogP contribution in [-0.4, -0.2) is 51.7 Å². The van der Waals surface area contributed by atoms with Crippen LogP contribution >= 0.6 is 23.5 Å². The molecule has 4 N–H and O–H groups in total. The molecule has 0 radical (unpaired) electrons. The van der Waals surface area contributed by atoms with E-state index < -0.39 is 20.2 Å². The summed E-state index contributed by atoms with van der Waals surface area (Å²) in [6.07, 6.45) is 3.96. The van der Waals surface area contributed by atoms with Crippen molar-refractivity contribution in [3.8, 4) is 0 Å². The van der Waals surface area contributed by atoms with Crippen molar-refractivity contribution in [1.82, 2.24) is 0 Å². The van der Waals surface area contributed by atoms with Crippen molar-refractivity contribution >= 4 is 60.8 Å². The molecule has 198 valence electrons. The van der Waals surface area contributed by atoms with Crippen molar-refractivity contribution in [3.63, 3.8) is 0 Å². The van der Waals surface area contributed by atoms with Gasteiger partial charge in [-0.2, -0.15) is 27.0 Å². The first-order valence-electron chi connectivity index (χ1n) is 11.2. The molecule has 0 fully saturated rings. The maximum absolute atomic E-state index is 11.6. The summed E-state index contributed by atoms with van der Waals surface area (Å²) < 4.78 is 58.9. The van der Waals surface area contributed by atoms with Crippen LogP contribution in [0.2, 0.25) is 0 Å². The number of benzene rings is 2. The molecular weight excluding hydrogens is 557 g/mol. The molecular formula is C23H26N4O6S4. The monoisotopic (exact) mass is 582 g/mol. The molecule has 0 spiro atoms. The normalized spacial score (nSPS) is 17.5. The van der Waals surface area contributed by atoms with Crippen molar-refractivity contribution in [3.05, 3.63) is 70.7 Å². The van der Waals surface area contributed by atoms with Gasteiger partial charge in [0.15, 0.2) is 0 Å². The summed E-state index contributed by atoms with van der Waals surface area (Å²) in [4.78, 5) is 5.92. The molecule has 0 aliphatic carbocycles. The fraction of sp³-hybridized carbons (Fsp3) is 0.261. The summed E-state index contributed by atoms with van der Waals surface area (Å²) in [5.74, 6) is 4.27. The van der Waals surface area contributed by atoms with Crippen LogP contribution in [0, 0.1) is 5.41 Å². The molecule has 0 atom stereocenters. The van der Waals surface area contributed by atoms with Gasteiger partial charge in [-0.25, -0.2) is 0 Å². The number of rotatable bonds is 11. The molecule has 2 aliphatic rings. The van der Waals surface area contributed by atoms with Gasteiger partial charge in [0.05, 0.1) is 38.7 Å². The van der Waals surface area contributed by atoms with Crippen molar-refractivity contribution in [2.45, 2.75) is 22.6 Å². The van der Waals surface area contributed by atoms with Gasteiger partial charge < -0.3 is 15.2 Å². The topological polar surface area (TPSA) is 154 Å². The summed E-state index contributed by atoms with van der Waals surface area (Å²) >= 11 is 2.98. The highest BCUT2D eigenvalue weighted by Gasteiger charge is 2.27. The van der Waals surface area contributed by atoms with Crippen molar-refractivity contribution in [2.75, 3.05) is 34.4 Å². The number of hydrogen-bond acceptors (Lipinski definition) is 11. The number of para-hydroxylation sites is 2. The molecule has 0 saturated heterocycles. The molecule has 2 aromatic carbocycles. The van der Waals surface area contributed by atoms with E-state index in [-0.39, 0.29) is 30.1 Å². The van der Waals surface area contributed by atoms with Crippen LogP contribution in [-0.2, 0) is 24.5 Å². The first-order valence-corrected chi connectivity index (χ1v) is 16.1. The number of allylic oxidation sites excluding steroid dienone is 2. The highest BCUT2D eigenvalue weighted by atomic mass is 32.2. The number of fused-ring (bicyclic) bond motifs is 2. The third kappa shape index (κ3) is 7.16. The van der Waals surface area contributed by atoms with Crippen LogP contribution in [0.1, 0.15) is 12.8 Å². The molecule has 0 unspecified atom stereocenters. The second-order valence-corrected chi connectivity index (χ2v) is 13.6. The zero-order valence-electron chi connectivity index (χ0n) is 19.6. The first-order chi connectivity index (χ1) is 17.6. The minimum atomic E-state index is -4.07. The Balaban J connectivity index is 1.55. The van der Waals surface area contributed by atoms with E-state index in [1.807, 2.05) is 58.3 Å². The Bertz CT molecular complexity index is 1460. The molecule has 37 heavy (non-hydrogen) atoms. The molecule has 4 rings (SSSR count). The molecule has 2 aliphatic heterocycles. The van der Waals surface area contributed by atoms with Crippen LogP contribution in [0.4, 0.5) is 11.4 Å². The van der Waals surface area contributed by atoms with Gasteiger partial charge in [-0.1, -0.05) is 47.8 Å². The maximum atomic E-state index is 11.6. The largest absolute Gasteiger partial charge is 0.335 e. The SMILES string of the molecule is N=C(/C=C1\Sc2ccccc2N1CCCS(=O)(=O)ON)/C=C1/Sc2ccccc2N1CCCS(=O)(=O)O. The van der Waals surface area contributed by atoms with E-state index in [0.717, 1.165) is 31.2 Å².